The number of halogens is 2. The van der Waals surface area contributed by atoms with Crippen molar-refractivity contribution in [1.82, 2.24) is 15.0 Å². The molecule has 0 radical (unpaired) electrons. The molecular weight excluding hydrogens is 239 g/mol. The molecule has 5 nitrogen and oxygen atoms in total. The Morgan fingerprint density at radius 1 is 1.40 bits per heavy atom. The summed E-state index contributed by atoms with van der Waals surface area (Å²) in [6, 6.07) is 6.96. The summed E-state index contributed by atoms with van der Waals surface area (Å²) in [5.74, 6) is -0.901. The smallest absolute Gasteiger partial charge is 0.290 e. The minimum Gasteiger partial charge on any atom is -0.365 e. The zero-order valence-electron chi connectivity index (χ0n) is 7.39. The number of para-hydroxylation sites is 1. The van der Waals surface area contributed by atoms with Crippen molar-refractivity contribution in [2.45, 2.75) is 4.46 Å². The summed E-state index contributed by atoms with van der Waals surface area (Å²) in [4.78, 5) is 11.0. The third-order valence-electron chi connectivity index (χ3n) is 1.91. The second-order valence-corrected chi connectivity index (χ2v) is 4.18. The topological polar surface area (TPSA) is 73.8 Å². The lowest BCUT2D eigenvalue weighted by atomic mass is 10.3. The molecule has 15 heavy (non-hydrogen) atoms. The Balaban J connectivity index is 2.67. The van der Waals surface area contributed by atoms with Crippen LogP contribution in [0.1, 0.15) is 0 Å². The molecule has 2 aromatic rings. The maximum Gasteiger partial charge on any atom is 0.290 e. The van der Waals surface area contributed by atoms with Crippen molar-refractivity contribution in [3.63, 3.8) is 0 Å². The summed E-state index contributed by atoms with van der Waals surface area (Å²) < 4.78 is -0.843. The highest BCUT2D eigenvalue weighted by molar-refractivity contribution is 6.55. The Hall–Kier alpha value is -1.33. The predicted octanol–water partition coefficient (Wildman–Crippen LogP) is 1.00. The van der Waals surface area contributed by atoms with Gasteiger partial charge in [0, 0.05) is 0 Å². The van der Waals surface area contributed by atoms with Gasteiger partial charge >= 0.3 is 0 Å². The Labute approximate surface area is 94.7 Å². The fraction of sp³-hybridized carbons (Fsp3) is 0.125. The molecule has 0 fully saturated rings. The minimum absolute atomic E-state index is 0.543. The standard InChI is InChI=1S/C8H6Cl2N4O/c9-8(10,7(11)15)14-6-4-2-1-3-5(6)12-13-14/h1-4H,(H2,11,15). The molecule has 0 spiro atoms. The van der Waals surface area contributed by atoms with Crippen LogP contribution in [-0.4, -0.2) is 20.9 Å². The molecule has 1 amide bonds. The lowest BCUT2D eigenvalue weighted by Gasteiger charge is -2.15. The van der Waals surface area contributed by atoms with Crippen LogP contribution in [-0.2, 0) is 9.25 Å². The molecule has 0 aliphatic rings. The maximum absolute atomic E-state index is 11.0. The number of hydrogen-bond donors (Lipinski definition) is 1. The number of carbonyl (C=O) groups excluding carboxylic acids is 1. The van der Waals surface area contributed by atoms with Crippen molar-refractivity contribution in [3.05, 3.63) is 24.3 Å². The molecule has 7 heteroatoms. The Bertz CT molecular complexity index is 522. The number of amides is 1. The highest BCUT2D eigenvalue weighted by Gasteiger charge is 2.36. The quantitative estimate of drug-likeness (QED) is 0.802. The molecule has 78 valence electrons. The number of nitrogens with two attached hydrogens (primary N) is 1. The van der Waals surface area contributed by atoms with Crippen molar-refractivity contribution < 1.29 is 4.79 Å². The van der Waals surface area contributed by atoms with Gasteiger partial charge in [-0.25, -0.2) is 0 Å². The van der Waals surface area contributed by atoms with Crippen LogP contribution in [0, 0.1) is 0 Å². The van der Waals surface area contributed by atoms with Gasteiger partial charge < -0.3 is 5.73 Å². The molecule has 0 unspecified atom stereocenters. The highest BCUT2D eigenvalue weighted by atomic mass is 35.5. The van der Waals surface area contributed by atoms with Gasteiger partial charge in [-0.2, -0.15) is 4.68 Å². The lowest BCUT2D eigenvalue weighted by Crippen LogP contribution is -2.37. The van der Waals surface area contributed by atoms with Crippen LogP contribution in [0.4, 0.5) is 0 Å². The summed E-state index contributed by atoms with van der Waals surface area (Å²) >= 11 is 11.5. The number of primary amides is 1. The van der Waals surface area contributed by atoms with Gasteiger partial charge in [-0.05, 0) is 12.1 Å². The number of rotatable bonds is 2. The van der Waals surface area contributed by atoms with Crippen molar-refractivity contribution in [2.24, 2.45) is 5.73 Å². The molecule has 0 bridgehead atoms. The fourth-order valence-corrected chi connectivity index (χ4v) is 1.43. The van der Waals surface area contributed by atoms with Crippen LogP contribution in [0.5, 0.6) is 0 Å². The van der Waals surface area contributed by atoms with Crippen molar-refractivity contribution in [2.75, 3.05) is 0 Å². The first-order valence-electron chi connectivity index (χ1n) is 4.02. The van der Waals surface area contributed by atoms with E-state index in [0.29, 0.717) is 11.0 Å². The van der Waals surface area contributed by atoms with Crippen molar-refractivity contribution in [3.8, 4) is 0 Å². The molecule has 1 heterocycles. The molecule has 1 aromatic heterocycles. The van der Waals surface area contributed by atoms with Crippen LogP contribution in [0.25, 0.3) is 11.0 Å². The zero-order valence-corrected chi connectivity index (χ0v) is 8.90. The summed E-state index contributed by atoms with van der Waals surface area (Å²) in [7, 11) is 0. The van der Waals surface area contributed by atoms with E-state index in [4.69, 9.17) is 28.9 Å². The summed E-state index contributed by atoms with van der Waals surface area (Å²) in [6.45, 7) is 0. The summed E-state index contributed by atoms with van der Waals surface area (Å²) in [5.41, 5.74) is 6.19. The molecule has 2 N–H and O–H groups in total. The van der Waals surface area contributed by atoms with Gasteiger partial charge in [0.05, 0.1) is 5.52 Å². The van der Waals surface area contributed by atoms with Gasteiger partial charge in [0.2, 0.25) is 0 Å². The van der Waals surface area contributed by atoms with E-state index in [0.717, 1.165) is 4.68 Å². The normalized spacial score (nSPS) is 11.9. The van der Waals surface area contributed by atoms with Crippen LogP contribution in [0.3, 0.4) is 0 Å². The van der Waals surface area contributed by atoms with E-state index in [-0.39, 0.29) is 0 Å². The van der Waals surface area contributed by atoms with E-state index in [2.05, 4.69) is 10.3 Å². The van der Waals surface area contributed by atoms with E-state index in [1.165, 1.54) is 0 Å². The molecule has 0 aliphatic heterocycles. The zero-order chi connectivity index (χ0) is 11.1. The van der Waals surface area contributed by atoms with Gasteiger partial charge in [0.1, 0.15) is 5.52 Å². The van der Waals surface area contributed by atoms with Gasteiger partial charge in [-0.1, -0.05) is 40.5 Å². The SMILES string of the molecule is NC(=O)C(Cl)(Cl)n1nnc2ccccc21. The fourth-order valence-electron chi connectivity index (χ4n) is 1.18. The monoisotopic (exact) mass is 244 g/mol. The number of alkyl halides is 2. The van der Waals surface area contributed by atoms with Crippen LogP contribution in [0.15, 0.2) is 24.3 Å². The first kappa shape index (κ1) is 10.2. The summed E-state index contributed by atoms with van der Waals surface area (Å²) in [5, 5.41) is 7.49. The molecule has 0 saturated heterocycles. The Morgan fingerprint density at radius 3 is 2.73 bits per heavy atom. The predicted molar refractivity (Wildman–Crippen MR) is 56.4 cm³/mol. The van der Waals surface area contributed by atoms with Crippen LogP contribution >= 0.6 is 23.2 Å². The number of fused-ring (bicyclic) bond motifs is 1. The van der Waals surface area contributed by atoms with Gasteiger partial charge in [-0.15, -0.1) is 5.10 Å². The number of nitrogens with zero attached hydrogens (tertiary/aromatic N) is 3. The van der Waals surface area contributed by atoms with Crippen molar-refractivity contribution in [1.29, 1.82) is 0 Å². The van der Waals surface area contributed by atoms with Crippen LogP contribution in [0.2, 0.25) is 0 Å². The molecule has 0 saturated carbocycles. The van der Waals surface area contributed by atoms with Crippen molar-refractivity contribution >= 4 is 40.1 Å². The lowest BCUT2D eigenvalue weighted by molar-refractivity contribution is -0.120. The van der Waals surface area contributed by atoms with E-state index in [9.17, 15) is 4.79 Å². The number of hydrogen-bond acceptors (Lipinski definition) is 3. The maximum atomic E-state index is 11.0. The van der Waals surface area contributed by atoms with Gasteiger partial charge in [0.25, 0.3) is 10.4 Å². The first-order chi connectivity index (χ1) is 7.03. The highest BCUT2D eigenvalue weighted by Crippen LogP contribution is 2.29. The van der Waals surface area contributed by atoms with E-state index < -0.39 is 10.4 Å². The average Bonchev–Trinajstić information content (AvgIpc) is 2.61. The summed E-state index contributed by atoms with van der Waals surface area (Å²) in [6.07, 6.45) is 0. The molecule has 0 atom stereocenters. The van der Waals surface area contributed by atoms with Gasteiger partial charge in [0.15, 0.2) is 0 Å². The number of benzene rings is 1. The van der Waals surface area contributed by atoms with E-state index in [1.807, 2.05) is 0 Å². The molecule has 0 aliphatic carbocycles. The first-order valence-corrected chi connectivity index (χ1v) is 4.77. The largest absolute Gasteiger partial charge is 0.365 e. The third kappa shape index (κ3) is 1.53. The van der Waals surface area contributed by atoms with E-state index >= 15 is 0 Å². The Morgan fingerprint density at radius 2 is 2.07 bits per heavy atom. The second-order valence-electron chi connectivity index (χ2n) is 2.90. The number of carbonyl (C=O) groups is 1. The van der Waals surface area contributed by atoms with Gasteiger partial charge in [-0.3, -0.25) is 4.79 Å². The molecule has 1 aromatic carbocycles. The Kier molecular flexibility index (Phi) is 2.28. The minimum atomic E-state index is -1.92. The second kappa shape index (κ2) is 3.36. The third-order valence-corrected chi connectivity index (χ3v) is 2.61. The molecule has 2 rings (SSSR count). The average molecular weight is 245 g/mol. The van der Waals surface area contributed by atoms with Crippen LogP contribution < -0.4 is 5.73 Å². The molecular formula is C8H6Cl2N4O. The van der Waals surface area contributed by atoms with E-state index in [1.54, 1.807) is 24.3 Å². The number of aromatic nitrogens is 3.